The van der Waals surface area contributed by atoms with Gasteiger partial charge in [-0.2, -0.15) is 4.39 Å². The molecule has 0 bridgehead atoms. The molecule has 1 saturated carbocycles. The van der Waals surface area contributed by atoms with Crippen molar-refractivity contribution >= 4 is 21.9 Å². The number of halogens is 2. The molecule has 2 atom stereocenters. The van der Waals surface area contributed by atoms with Crippen LogP contribution in [0.5, 0.6) is 5.75 Å². The number of ether oxygens (including phenoxy) is 2. The summed E-state index contributed by atoms with van der Waals surface area (Å²) in [6.45, 7) is 3.18. The average Bonchev–Trinajstić information content (AvgIpc) is 3.43. The van der Waals surface area contributed by atoms with Gasteiger partial charge in [0.25, 0.3) is 0 Å². The van der Waals surface area contributed by atoms with Crippen molar-refractivity contribution in [1.82, 2.24) is 0 Å². The third-order valence-electron chi connectivity index (χ3n) is 7.05. The van der Waals surface area contributed by atoms with Crippen molar-refractivity contribution in [2.45, 2.75) is 70.3 Å². The van der Waals surface area contributed by atoms with Crippen LogP contribution in [-0.2, 0) is 4.74 Å². The lowest BCUT2D eigenvalue weighted by atomic mass is 9.89. The van der Waals surface area contributed by atoms with E-state index >= 15 is 8.78 Å². The average molecular weight is 429 g/mol. The standard InChI is InChI=1S/C26H30F2O3/c1-2-5-18-9-8-17(15-29-18)19-10-11-20-21-12-13-22(30-14-16-6-3-4-7-16)24(28)26(21)31-25(20)23(19)27/h10-13,16-18H,2-9,14-15H2,1H3. The fraction of sp³-hybridized carbons (Fsp3) is 0.538. The Kier molecular flexibility index (Phi) is 5.87. The largest absolute Gasteiger partial charge is 0.490 e. The molecule has 0 N–H and O–H groups in total. The van der Waals surface area contributed by atoms with Crippen LogP contribution in [0.2, 0.25) is 0 Å². The zero-order valence-corrected chi connectivity index (χ0v) is 18.1. The van der Waals surface area contributed by atoms with Gasteiger partial charge in [0, 0.05) is 16.7 Å². The first-order chi connectivity index (χ1) is 15.2. The lowest BCUT2D eigenvalue weighted by Crippen LogP contribution is -2.25. The van der Waals surface area contributed by atoms with Crippen molar-refractivity contribution in [2.24, 2.45) is 5.92 Å². The van der Waals surface area contributed by atoms with Crippen LogP contribution in [0.25, 0.3) is 21.9 Å². The molecule has 3 aromatic rings. The van der Waals surface area contributed by atoms with Gasteiger partial charge in [0.1, 0.15) is 0 Å². The van der Waals surface area contributed by atoms with Crippen LogP contribution in [0, 0.1) is 17.6 Å². The van der Waals surface area contributed by atoms with Gasteiger partial charge < -0.3 is 13.9 Å². The Labute approximate surface area is 181 Å². The zero-order valence-electron chi connectivity index (χ0n) is 18.1. The highest BCUT2D eigenvalue weighted by Crippen LogP contribution is 2.39. The van der Waals surface area contributed by atoms with Crippen molar-refractivity contribution in [3.05, 3.63) is 41.5 Å². The second-order valence-electron chi connectivity index (χ2n) is 9.18. The van der Waals surface area contributed by atoms with E-state index in [2.05, 4.69) is 6.92 Å². The van der Waals surface area contributed by atoms with E-state index in [4.69, 9.17) is 13.9 Å². The molecule has 1 saturated heterocycles. The Morgan fingerprint density at radius 3 is 2.39 bits per heavy atom. The molecule has 1 aliphatic carbocycles. The molecule has 0 radical (unpaired) electrons. The van der Waals surface area contributed by atoms with Crippen molar-refractivity contribution in [1.29, 1.82) is 0 Å². The normalized spacial score (nSPS) is 22.5. The SMILES string of the molecule is CCCC1CCC(c2ccc3c(oc4c(F)c(OCC5CCCC5)ccc43)c2F)CO1. The molecule has 3 nitrogen and oxygen atoms in total. The summed E-state index contributed by atoms with van der Waals surface area (Å²) in [4.78, 5) is 0. The Morgan fingerprint density at radius 2 is 1.68 bits per heavy atom. The molecular formula is C26H30F2O3. The lowest BCUT2D eigenvalue weighted by Gasteiger charge is -2.29. The number of rotatable bonds is 6. The molecule has 2 unspecified atom stereocenters. The highest BCUT2D eigenvalue weighted by molar-refractivity contribution is 6.05. The van der Waals surface area contributed by atoms with Crippen molar-refractivity contribution < 1.29 is 22.7 Å². The second-order valence-corrected chi connectivity index (χ2v) is 9.18. The maximum atomic E-state index is 15.4. The Hall–Kier alpha value is -2.14. The quantitative estimate of drug-likeness (QED) is 0.407. The van der Waals surface area contributed by atoms with Gasteiger partial charge in [-0.25, -0.2) is 4.39 Å². The fourth-order valence-electron chi connectivity index (χ4n) is 5.25. The second kappa shape index (κ2) is 8.78. The minimum atomic E-state index is -0.545. The smallest absolute Gasteiger partial charge is 0.208 e. The molecule has 31 heavy (non-hydrogen) atoms. The highest BCUT2D eigenvalue weighted by atomic mass is 19.1. The monoisotopic (exact) mass is 428 g/mol. The van der Waals surface area contributed by atoms with Gasteiger partial charge in [0.15, 0.2) is 22.7 Å². The van der Waals surface area contributed by atoms with Crippen LogP contribution in [0.1, 0.15) is 69.8 Å². The van der Waals surface area contributed by atoms with Crippen LogP contribution in [0.4, 0.5) is 8.78 Å². The van der Waals surface area contributed by atoms with E-state index in [1.807, 2.05) is 12.1 Å². The van der Waals surface area contributed by atoms with E-state index in [0.717, 1.165) is 38.5 Å². The van der Waals surface area contributed by atoms with Gasteiger partial charge in [-0.05, 0) is 61.8 Å². The molecule has 5 heteroatoms. The minimum Gasteiger partial charge on any atom is -0.490 e. The molecule has 0 amide bonds. The summed E-state index contributed by atoms with van der Waals surface area (Å²) in [6.07, 6.45) is 8.93. The van der Waals surface area contributed by atoms with Gasteiger partial charge in [-0.15, -0.1) is 0 Å². The molecule has 2 aliphatic rings. The van der Waals surface area contributed by atoms with Gasteiger partial charge in [0.2, 0.25) is 5.82 Å². The van der Waals surface area contributed by atoms with Crippen molar-refractivity contribution in [3.8, 4) is 5.75 Å². The van der Waals surface area contributed by atoms with E-state index in [1.165, 1.54) is 12.8 Å². The molecule has 1 aromatic heterocycles. The van der Waals surface area contributed by atoms with Gasteiger partial charge in [-0.3, -0.25) is 0 Å². The van der Waals surface area contributed by atoms with Crippen LogP contribution >= 0.6 is 0 Å². The predicted octanol–water partition coefficient (Wildman–Crippen LogP) is 7.50. The van der Waals surface area contributed by atoms with Gasteiger partial charge in [-0.1, -0.05) is 32.3 Å². The summed E-state index contributed by atoms with van der Waals surface area (Å²) < 4.78 is 48.0. The number of furan rings is 1. The lowest BCUT2D eigenvalue weighted by molar-refractivity contribution is -0.00169. The van der Waals surface area contributed by atoms with Crippen LogP contribution in [-0.4, -0.2) is 19.3 Å². The van der Waals surface area contributed by atoms with E-state index in [9.17, 15) is 0 Å². The van der Waals surface area contributed by atoms with Gasteiger partial charge >= 0.3 is 0 Å². The van der Waals surface area contributed by atoms with Crippen molar-refractivity contribution in [2.75, 3.05) is 13.2 Å². The first-order valence-electron chi connectivity index (χ1n) is 11.7. The summed E-state index contributed by atoms with van der Waals surface area (Å²) >= 11 is 0. The third-order valence-corrected chi connectivity index (χ3v) is 7.05. The Balaban J connectivity index is 1.42. The Morgan fingerprint density at radius 1 is 0.935 bits per heavy atom. The summed E-state index contributed by atoms with van der Waals surface area (Å²) in [5.41, 5.74) is 0.785. The van der Waals surface area contributed by atoms with Crippen LogP contribution in [0.3, 0.4) is 0 Å². The topological polar surface area (TPSA) is 31.6 Å². The minimum absolute atomic E-state index is 0.000807. The maximum absolute atomic E-state index is 15.4. The zero-order chi connectivity index (χ0) is 21.4. The molecular weight excluding hydrogens is 398 g/mol. The van der Waals surface area contributed by atoms with E-state index in [-0.39, 0.29) is 28.9 Å². The number of hydrogen-bond acceptors (Lipinski definition) is 3. The molecule has 166 valence electrons. The summed E-state index contributed by atoms with van der Waals surface area (Å²) in [7, 11) is 0. The number of hydrogen-bond donors (Lipinski definition) is 0. The highest BCUT2D eigenvalue weighted by Gasteiger charge is 2.27. The molecule has 5 rings (SSSR count). The summed E-state index contributed by atoms with van der Waals surface area (Å²) in [5, 5.41) is 1.17. The molecule has 1 aliphatic heterocycles. The van der Waals surface area contributed by atoms with Gasteiger partial charge in [0.05, 0.1) is 19.3 Å². The summed E-state index contributed by atoms with van der Waals surface area (Å²) in [6, 6.07) is 7.06. The number of fused-ring (bicyclic) bond motifs is 3. The number of benzene rings is 2. The van der Waals surface area contributed by atoms with E-state index in [0.29, 0.717) is 35.5 Å². The molecule has 2 heterocycles. The first kappa shape index (κ1) is 20.7. The Bertz CT molecular complexity index is 1060. The first-order valence-corrected chi connectivity index (χ1v) is 11.7. The molecule has 2 fully saturated rings. The fourth-order valence-corrected chi connectivity index (χ4v) is 5.25. The molecule has 2 aromatic carbocycles. The summed E-state index contributed by atoms with van der Waals surface area (Å²) in [5.74, 6) is -0.275. The van der Waals surface area contributed by atoms with E-state index < -0.39 is 11.6 Å². The molecule has 0 spiro atoms. The predicted molar refractivity (Wildman–Crippen MR) is 118 cm³/mol. The maximum Gasteiger partial charge on any atom is 0.208 e. The van der Waals surface area contributed by atoms with Crippen LogP contribution in [0.15, 0.2) is 28.7 Å². The van der Waals surface area contributed by atoms with Crippen molar-refractivity contribution in [3.63, 3.8) is 0 Å². The third kappa shape index (κ3) is 3.93. The van der Waals surface area contributed by atoms with Crippen LogP contribution < -0.4 is 4.74 Å². The van der Waals surface area contributed by atoms with E-state index in [1.54, 1.807) is 12.1 Å².